The molecule has 0 unspecified atom stereocenters. The molecule has 0 radical (unpaired) electrons. The second-order valence-corrected chi connectivity index (χ2v) is 4.79. The molecule has 4 N–H and O–H groups in total. The lowest BCUT2D eigenvalue weighted by Gasteiger charge is -2.30. The Kier molecular flexibility index (Phi) is 4.04. The third-order valence-corrected chi connectivity index (χ3v) is 3.24. The molecule has 1 heterocycles. The predicted molar refractivity (Wildman–Crippen MR) is 73.8 cm³/mol. The van der Waals surface area contributed by atoms with Crippen LogP contribution in [0.25, 0.3) is 0 Å². The maximum atomic E-state index is 10.7. The van der Waals surface area contributed by atoms with Gasteiger partial charge in [-0.1, -0.05) is 0 Å². The van der Waals surface area contributed by atoms with E-state index in [4.69, 9.17) is 5.73 Å². The number of amides is 2. The molecule has 0 bridgehead atoms. The summed E-state index contributed by atoms with van der Waals surface area (Å²) in [6, 6.07) is 7.62. The van der Waals surface area contributed by atoms with Crippen LogP contribution in [0.2, 0.25) is 0 Å². The van der Waals surface area contributed by atoms with Gasteiger partial charge < -0.3 is 21.3 Å². The van der Waals surface area contributed by atoms with Gasteiger partial charge in [0.25, 0.3) is 0 Å². The summed E-state index contributed by atoms with van der Waals surface area (Å²) < 4.78 is 0. The zero-order chi connectivity index (χ0) is 13.0. The van der Waals surface area contributed by atoms with Gasteiger partial charge in [0.15, 0.2) is 0 Å². The molecule has 1 aliphatic rings. The molecule has 0 saturated carbocycles. The van der Waals surface area contributed by atoms with E-state index in [-0.39, 0.29) is 0 Å². The van der Waals surface area contributed by atoms with Gasteiger partial charge in [-0.2, -0.15) is 0 Å². The van der Waals surface area contributed by atoms with E-state index in [0.717, 1.165) is 37.3 Å². The zero-order valence-electron chi connectivity index (χ0n) is 10.6. The molecule has 1 aromatic rings. The van der Waals surface area contributed by atoms with Crippen molar-refractivity contribution in [3.8, 4) is 0 Å². The van der Waals surface area contributed by atoms with Crippen molar-refractivity contribution in [3.05, 3.63) is 24.3 Å². The third-order valence-electron chi connectivity index (χ3n) is 3.24. The third kappa shape index (κ3) is 3.63. The van der Waals surface area contributed by atoms with Gasteiger partial charge in [-0.25, -0.2) is 4.79 Å². The molecule has 2 rings (SSSR count). The van der Waals surface area contributed by atoms with Crippen molar-refractivity contribution in [2.24, 2.45) is 5.73 Å². The highest BCUT2D eigenvalue weighted by atomic mass is 16.2. The van der Waals surface area contributed by atoms with Gasteiger partial charge in [-0.05, 0) is 57.2 Å². The first-order valence-corrected chi connectivity index (χ1v) is 6.25. The molecule has 1 aliphatic heterocycles. The van der Waals surface area contributed by atoms with Crippen LogP contribution in [0.5, 0.6) is 0 Å². The standard InChI is InChI=1S/C13H20N4O/c1-17-8-6-12(7-9-17)15-10-2-4-11(5-3-10)16-13(14)18/h2-5,12,15H,6-9H2,1H3,(H3,14,16,18). The molecule has 0 aromatic heterocycles. The van der Waals surface area contributed by atoms with Crippen molar-refractivity contribution in [3.63, 3.8) is 0 Å². The number of nitrogens with one attached hydrogen (secondary N) is 2. The Morgan fingerprint density at radius 2 is 1.78 bits per heavy atom. The van der Waals surface area contributed by atoms with E-state index in [1.807, 2.05) is 24.3 Å². The lowest BCUT2D eigenvalue weighted by molar-refractivity contribution is 0.259. The van der Waals surface area contributed by atoms with Crippen molar-refractivity contribution in [1.82, 2.24) is 4.90 Å². The minimum atomic E-state index is -0.536. The summed E-state index contributed by atoms with van der Waals surface area (Å²) in [5.74, 6) is 0. The topological polar surface area (TPSA) is 70.4 Å². The summed E-state index contributed by atoms with van der Waals surface area (Å²) >= 11 is 0. The molecular weight excluding hydrogens is 228 g/mol. The fourth-order valence-electron chi connectivity index (χ4n) is 2.18. The van der Waals surface area contributed by atoms with Crippen LogP contribution in [0.1, 0.15) is 12.8 Å². The molecule has 0 spiro atoms. The van der Waals surface area contributed by atoms with Gasteiger partial charge in [-0.15, -0.1) is 0 Å². The number of nitrogens with zero attached hydrogens (tertiary/aromatic N) is 1. The highest BCUT2D eigenvalue weighted by molar-refractivity contribution is 5.87. The molecule has 2 amide bonds. The van der Waals surface area contributed by atoms with Gasteiger partial charge in [0, 0.05) is 17.4 Å². The number of anilines is 2. The Bertz CT molecular complexity index is 396. The smallest absolute Gasteiger partial charge is 0.316 e. The number of benzene rings is 1. The maximum absolute atomic E-state index is 10.7. The number of likely N-dealkylation sites (tertiary alicyclic amines) is 1. The van der Waals surface area contributed by atoms with Crippen LogP contribution in [0.15, 0.2) is 24.3 Å². The average molecular weight is 248 g/mol. The number of carbonyl (C=O) groups excluding carboxylic acids is 1. The van der Waals surface area contributed by atoms with E-state index in [9.17, 15) is 4.79 Å². The second kappa shape index (κ2) is 5.73. The average Bonchev–Trinajstić information content (AvgIpc) is 2.34. The number of nitrogens with two attached hydrogens (primary N) is 1. The number of urea groups is 1. The van der Waals surface area contributed by atoms with E-state index in [1.165, 1.54) is 0 Å². The van der Waals surface area contributed by atoms with Crippen molar-refractivity contribution < 1.29 is 4.79 Å². The Balaban J connectivity index is 1.88. The summed E-state index contributed by atoms with van der Waals surface area (Å²) in [6.07, 6.45) is 2.33. The first-order chi connectivity index (χ1) is 8.63. The van der Waals surface area contributed by atoms with Crippen LogP contribution in [0.3, 0.4) is 0 Å². The molecule has 0 atom stereocenters. The fraction of sp³-hybridized carbons (Fsp3) is 0.462. The molecule has 1 saturated heterocycles. The van der Waals surface area contributed by atoms with Crippen LogP contribution in [0, 0.1) is 0 Å². The molecule has 5 nitrogen and oxygen atoms in total. The molecule has 1 fully saturated rings. The lowest BCUT2D eigenvalue weighted by Crippen LogP contribution is -2.36. The van der Waals surface area contributed by atoms with Crippen LogP contribution >= 0.6 is 0 Å². The Morgan fingerprint density at radius 3 is 2.33 bits per heavy atom. The van der Waals surface area contributed by atoms with Crippen molar-refractivity contribution in [2.75, 3.05) is 30.8 Å². The summed E-state index contributed by atoms with van der Waals surface area (Å²) in [5.41, 5.74) is 6.86. The van der Waals surface area contributed by atoms with E-state index in [2.05, 4.69) is 22.6 Å². The number of hydrogen-bond acceptors (Lipinski definition) is 3. The highest BCUT2D eigenvalue weighted by Gasteiger charge is 2.15. The molecule has 5 heteroatoms. The molecule has 0 aliphatic carbocycles. The number of hydrogen-bond donors (Lipinski definition) is 3. The SMILES string of the molecule is CN1CCC(Nc2ccc(NC(N)=O)cc2)CC1. The van der Waals surface area contributed by atoms with Gasteiger partial charge in [0.2, 0.25) is 0 Å². The van der Waals surface area contributed by atoms with E-state index < -0.39 is 6.03 Å². The van der Waals surface area contributed by atoms with Crippen molar-refractivity contribution in [1.29, 1.82) is 0 Å². The Hall–Kier alpha value is -1.75. The van der Waals surface area contributed by atoms with Crippen LogP contribution < -0.4 is 16.4 Å². The van der Waals surface area contributed by atoms with Crippen molar-refractivity contribution >= 4 is 17.4 Å². The quantitative estimate of drug-likeness (QED) is 0.762. The van der Waals surface area contributed by atoms with E-state index in [1.54, 1.807) is 0 Å². The summed E-state index contributed by atoms with van der Waals surface area (Å²) in [7, 11) is 2.15. The molecule has 18 heavy (non-hydrogen) atoms. The molecule has 1 aromatic carbocycles. The van der Waals surface area contributed by atoms with Crippen molar-refractivity contribution in [2.45, 2.75) is 18.9 Å². The van der Waals surface area contributed by atoms with E-state index in [0.29, 0.717) is 6.04 Å². The Labute approximate surface area is 107 Å². The number of rotatable bonds is 3. The largest absolute Gasteiger partial charge is 0.382 e. The zero-order valence-corrected chi connectivity index (χ0v) is 10.6. The number of carbonyl (C=O) groups is 1. The molecular formula is C13H20N4O. The van der Waals surface area contributed by atoms with Gasteiger partial charge in [0.05, 0.1) is 0 Å². The highest BCUT2D eigenvalue weighted by Crippen LogP contribution is 2.18. The summed E-state index contributed by atoms with van der Waals surface area (Å²) in [4.78, 5) is 13.0. The Morgan fingerprint density at radius 1 is 1.22 bits per heavy atom. The van der Waals surface area contributed by atoms with E-state index >= 15 is 0 Å². The van der Waals surface area contributed by atoms with Crippen LogP contribution in [-0.2, 0) is 0 Å². The minimum absolute atomic E-state index is 0.536. The normalized spacial score (nSPS) is 17.4. The minimum Gasteiger partial charge on any atom is -0.382 e. The van der Waals surface area contributed by atoms with Crippen LogP contribution in [-0.4, -0.2) is 37.1 Å². The van der Waals surface area contributed by atoms with Gasteiger partial charge >= 0.3 is 6.03 Å². The molecule has 98 valence electrons. The number of primary amides is 1. The van der Waals surface area contributed by atoms with Crippen LogP contribution in [0.4, 0.5) is 16.2 Å². The van der Waals surface area contributed by atoms with Gasteiger partial charge in [-0.3, -0.25) is 0 Å². The fourth-order valence-corrected chi connectivity index (χ4v) is 2.18. The maximum Gasteiger partial charge on any atom is 0.316 e. The summed E-state index contributed by atoms with van der Waals surface area (Å²) in [5, 5.41) is 6.06. The number of piperidine rings is 1. The van der Waals surface area contributed by atoms with Gasteiger partial charge in [0.1, 0.15) is 0 Å². The predicted octanol–water partition coefficient (Wildman–Crippen LogP) is 1.68. The first-order valence-electron chi connectivity index (χ1n) is 6.25. The lowest BCUT2D eigenvalue weighted by atomic mass is 10.1. The monoisotopic (exact) mass is 248 g/mol. The first kappa shape index (κ1) is 12.7. The second-order valence-electron chi connectivity index (χ2n) is 4.79. The summed E-state index contributed by atoms with van der Waals surface area (Å²) in [6.45, 7) is 2.28.